The van der Waals surface area contributed by atoms with Crippen LogP contribution in [0.5, 0.6) is 0 Å². The predicted molar refractivity (Wildman–Crippen MR) is 143 cm³/mol. The van der Waals surface area contributed by atoms with Crippen LogP contribution in [0.25, 0.3) is 0 Å². The molecule has 9 heteroatoms. The average molecular weight is 507 g/mol. The minimum atomic E-state index is 0.0609. The van der Waals surface area contributed by atoms with E-state index in [4.69, 9.17) is 14.6 Å². The number of amides is 1. The second-order valence-electron chi connectivity index (χ2n) is 11.1. The third-order valence-electron chi connectivity index (χ3n) is 8.04. The summed E-state index contributed by atoms with van der Waals surface area (Å²) in [4.78, 5) is 16.6. The number of rotatable bonds is 5. The highest BCUT2D eigenvalue weighted by molar-refractivity contribution is 5.76. The van der Waals surface area contributed by atoms with E-state index < -0.39 is 0 Å². The van der Waals surface area contributed by atoms with Gasteiger partial charge in [-0.3, -0.25) is 14.5 Å². The largest absolute Gasteiger partial charge is 0.379 e. The molecular weight excluding hydrogens is 468 g/mol. The third-order valence-corrected chi connectivity index (χ3v) is 8.04. The Morgan fingerprint density at radius 2 is 2.11 bits per heavy atom. The van der Waals surface area contributed by atoms with E-state index in [-0.39, 0.29) is 24.2 Å². The Bertz CT molecular complexity index is 1200. The van der Waals surface area contributed by atoms with Crippen molar-refractivity contribution in [2.75, 3.05) is 44.8 Å². The molecule has 9 nitrogen and oxygen atoms in total. The van der Waals surface area contributed by atoms with E-state index in [2.05, 4.69) is 46.7 Å². The topological polar surface area (TPSA) is 75.4 Å². The standard InChI is InChI=1S/C28H38N6O3/c1-18(2)37-24-12-21-11-20(22-13-29-31(4)14-22)5-6-26(21)33(15-24)28-25-16-32(19(3)35)9-7-27(25)34(30-28)23-8-10-36-17-23/h5-6,11,13,18,22-24H,7-10,12,14-17H2,1-4H3/t22?,23-,24?/m0/s1. The first kappa shape index (κ1) is 24.4. The van der Waals surface area contributed by atoms with E-state index >= 15 is 0 Å². The number of likely N-dealkylation sites (N-methyl/N-ethyl adjacent to an activating group) is 1. The van der Waals surface area contributed by atoms with Gasteiger partial charge in [0.2, 0.25) is 5.91 Å². The summed E-state index contributed by atoms with van der Waals surface area (Å²) in [6.07, 6.45) is 4.91. The summed E-state index contributed by atoms with van der Waals surface area (Å²) in [5, 5.41) is 11.7. The van der Waals surface area contributed by atoms with Crippen LogP contribution >= 0.6 is 0 Å². The van der Waals surface area contributed by atoms with Crippen LogP contribution < -0.4 is 4.90 Å². The van der Waals surface area contributed by atoms with Gasteiger partial charge in [-0.25, -0.2) is 0 Å². The van der Waals surface area contributed by atoms with Crippen LogP contribution in [0, 0.1) is 0 Å². The van der Waals surface area contributed by atoms with E-state index in [0.717, 1.165) is 56.9 Å². The van der Waals surface area contributed by atoms with Crippen LogP contribution in [0.3, 0.4) is 0 Å². The molecule has 1 saturated heterocycles. The molecule has 198 valence electrons. The Morgan fingerprint density at radius 3 is 2.81 bits per heavy atom. The zero-order valence-corrected chi connectivity index (χ0v) is 22.4. The van der Waals surface area contributed by atoms with Gasteiger partial charge in [0.1, 0.15) is 0 Å². The van der Waals surface area contributed by atoms with E-state index in [9.17, 15) is 4.79 Å². The smallest absolute Gasteiger partial charge is 0.219 e. The van der Waals surface area contributed by atoms with Gasteiger partial charge < -0.3 is 19.3 Å². The summed E-state index contributed by atoms with van der Waals surface area (Å²) in [6, 6.07) is 7.07. The maximum absolute atomic E-state index is 12.3. The lowest BCUT2D eigenvalue weighted by Crippen LogP contribution is -2.40. The summed E-state index contributed by atoms with van der Waals surface area (Å²) < 4.78 is 14.3. The van der Waals surface area contributed by atoms with Crippen LogP contribution in [-0.4, -0.2) is 83.9 Å². The van der Waals surface area contributed by atoms with Gasteiger partial charge in [-0.1, -0.05) is 12.1 Å². The molecule has 4 aliphatic rings. The fourth-order valence-electron chi connectivity index (χ4n) is 6.25. The number of benzene rings is 1. The number of hydrogen-bond donors (Lipinski definition) is 0. The maximum Gasteiger partial charge on any atom is 0.219 e. The zero-order valence-electron chi connectivity index (χ0n) is 22.4. The molecule has 0 radical (unpaired) electrons. The SMILES string of the molecule is CC(=O)N1CCc2c(c(N3CC(OC(C)C)Cc4cc(C5C=NN(C)C5)ccc43)nn2[C@H]2CCOC2)C1. The molecule has 5 heterocycles. The molecule has 0 bridgehead atoms. The first-order chi connectivity index (χ1) is 17.9. The molecule has 3 atom stereocenters. The van der Waals surface area contributed by atoms with Gasteiger partial charge in [0, 0.05) is 75.6 Å². The van der Waals surface area contributed by atoms with Crippen molar-refractivity contribution in [2.24, 2.45) is 5.10 Å². The van der Waals surface area contributed by atoms with Gasteiger partial charge in [0.25, 0.3) is 0 Å². The number of ether oxygens (including phenoxy) is 2. The van der Waals surface area contributed by atoms with Crippen LogP contribution in [0.1, 0.15) is 61.5 Å². The monoisotopic (exact) mass is 506 g/mol. The van der Waals surface area contributed by atoms with Crippen molar-refractivity contribution < 1.29 is 14.3 Å². The van der Waals surface area contributed by atoms with Gasteiger partial charge in [-0.15, -0.1) is 0 Å². The van der Waals surface area contributed by atoms with Crippen molar-refractivity contribution in [3.63, 3.8) is 0 Å². The lowest BCUT2D eigenvalue weighted by molar-refractivity contribution is -0.129. The van der Waals surface area contributed by atoms with E-state index in [1.54, 1.807) is 6.92 Å². The highest BCUT2D eigenvalue weighted by atomic mass is 16.5. The number of nitrogens with zero attached hydrogens (tertiary/aromatic N) is 6. The molecule has 0 saturated carbocycles. The number of fused-ring (bicyclic) bond motifs is 2. The molecule has 1 amide bonds. The third kappa shape index (κ3) is 4.63. The van der Waals surface area contributed by atoms with Crippen molar-refractivity contribution in [2.45, 2.75) is 70.7 Å². The van der Waals surface area contributed by atoms with Crippen LogP contribution in [0.4, 0.5) is 11.5 Å². The number of anilines is 2. The highest BCUT2D eigenvalue weighted by Crippen LogP contribution is 2.41. The molecule has 0 N–H and O–H groups in total. The van der Waals surface area contributed by atoms with E-state index in [1.165, 1.54) is 22.5 Å². The molecule has 2 unspecified atom stereocenters. The number of hydrogen-bond acceptors (Lipinski definition) is 7. The number of aromatic nitrogens is 2. The highest BCUT2D eigenvalue weighted by Gasteiger charge is 2.36. The Balaban J connectivity index is 1.42. The van der Waals surface area contributed by atoms with Crippen LogP contribution in [-0.2, 0) is 33.7 Å². The number of hydrazone groups is 1. The summed E-state index contributed by atoms with van der Waals surface area (Å²) >= 11 is 0. The fourth-order valence-corrected chi connectivity index (χ4v) is 6.25. The van der Waals surface area contributed by atoms with Crippen molar-refractivity contribution in [1.82, 2.24) is 19.7 Å². The summed E-state index contributed by atoms with van der Waals surface area (Å²) in [5.74, 6) is 1.37. The Kier molecular flexibility index (Phi) is 6.44. The van der Waals surface area contributed by atoms with Crippen molar-refractivity contribution >= 4 is 23.6 Å². The molecule has 4 aliphatic heterocycles. The molecule has 1 fully saturated rings. The minimum absolute atomic E-state index is 0.0609. The zero-order chi connectivity index (χ0) is 25.7. The van der Waals surface area contributed by atoms with Gasteiger partial charge in [0.15, 0.2) is 5.82 Å². The molecular formula is C28H38N6O3. The number of carbonyl (C=O) groups is 1. The van der Waals surface area contributed by atoms with Crippen LogP contribution in [0.15, 0.2) is 23.3 Å². The molecule has 2 aromatic rings. The van der Waals surface area contributed by atoms with Gasteiger partial charge >= 0.3 is 0 Å². The number of carbonyl (C=O) groups excluding carboxylic acids is 1. The normalized spacial score (nSPS) is 25.2. The predicted octanol–water partition coefficient (Wildman–Crippen LogP) is 3.25. The maximum atomic E-state index is 12.3. The Hall–Kier alpha value is -2.91. The lowest BCUT2D eigenvalue weighted by atomic mass is 9.92. The molecule has 6 rings (SSSR count). The summed E-state index contributed by atoms with van der Waals surface area (Å²) in [5.41, 5.74) is 6.17. The van der Waals surface area contributed by atoms with E-state index in [1.807, 2.05) is 23.2 Å². The molecule has 37 heavy (non-hydrogen) atoms. The minimum Gasteiger partial charge on any atom is -0.379 e. The Morgan fingerprint density at radius 1 is 1.24 bits per heavy atom. The van der Waals surface area contributed by atoms with Gasteiger partial charge in [-0.05, 0) is 37.5 Å². The van der Waals surface area contributed by atoms with Crippen molar-refractivity contribution in [1.29, 1.82) is 0 Å². The average Bonchev–Trinajstić information content (AvgIpc) is 3.62. The summed E-state index contributed by atoms with van der Waals surface area (Å²) in [7, 11) is 2.02. The first-order valence-corrected chi connectivity index (χ1v) is 13.6. The van der Waals surface area contributed by atoms with Gasteiger partial charge in [-0.2, -0.15) is 10.2 Å². The Labute approximate surface area is 219 Å². The second-order valence-corrected chi connectivity index (χ2v) is 11.1. The molecule has 1 aromatic carbocycles. The second kappa shape index (κ2) is 9.76. The lowest BCUT2D eigenvalue weighted by Gasteiger charge is -2.37. The first-order valence-electron chi connectivity index (χ1n) is 13.6. The van der Waals surface area contributed by atoms with Gasteiger partial charge in [0.05, 0.1) is 37.9 Å². The summed E-state index contributed by atoms with van der Waals surface area (Å²) in [6.45, 7) is 10.3. The molecule has 1 aromatic heterocycles. The van der Waals surface area contributed by atoms with Crippen molar-refractivity contribution in [3.05, 3.63) is 40.6 Å². The van der Waals surface area contributed by atoms with Crippen molar-refractivity contribution in [3.8, 4) is 0 Å². The van der Waals surface area contributed by atoms with Crippen LogP contribution in [0.2, 0.25) is 0 Å². The quantitative estimate of drug-likeness (QED) is 0.620. The fraction of sp³-hybridized carbons (Fsp3) is 0.607. The van der Waals surface area contributed by atoms with E-state index in [0.29, 0.717) is 19.1 Å². The molecule has 0 spiro atoms. The molecule has 0 aliphatic carbocycles.